The lowest BCUT2D eigenvalue weighted by Gasteiger charge is -2.22. The highest BCUT2D eigenvalue weighted by atomic mass is 16.6. The predicted octanol–water partition coefficient (Wildman–Crippen LogP) is 3.74. The normalized spacial score (nSPS) is 10.3. The first-order chi connectivity index (χ1) is 14.5. The quantitative estimate of drug-likeness (QED) is 0.416. The number of ether oxygens (including phenoxy) is 1. The van der Waals surface area contributed by atoms with E-state index in [4.69, 9.17) is 10.00 Å². The van der Waals surface area contributed by atoms with E-state index in [0.29, 0.717) is 23.7 Å². The highest BCUT2D eigenvalue weighted by Gasteiger charge is 2.23. The maximum absolute atomic E-state index is 13.2. The number of benzene rings is 2. The highest BCUT2D eigenvalue weighted by molar-refractivity contribution is 6.06. The number of imidazole rings is 1. The number of nitro groups is 1. The van der Waals surface area contributed by atoms with Gasteiger partial charge in [-0.25, -0.2) is 4.98 Å². The molecule has 30 heavy (non-hydrogen) atoms. The van der Waals surface area contributed by atoms with Crippen molar-refractivity contribution in [3.63, 3.8) is 0 Å². The van der Waals surface area contributed by atoms with Crippen LogP contribution in [0.15, 0.2) is 61.2 Å². The summed E-state index contributed by atoms with van der Waals surface area (Å²) in [5.41, 5.74) is 0.807. The van der Waals surface area contributed by atoms with E-state index in [0.717, 1.165) is 0 Å². The number of aromatic nitrogens is 2. The van der Waals surface area contributed by atoms with Gasteiger partial charge in [0.25, 0.3) is 11.6 Å². The van der Waals surface area contributed by atoms with Gasteiger partial charge in [-0.15, -0.1) is 0 Å². The van der Waals surface area contributed by atoms with Crippen LogP contribution < -0.4 is 9.64 Å². The zero-order valence-corrected chi connectivity index (χ0v) is 16.3. The molecule has 0 saturated heterocycles. The standard InChI is InChI=1S/C21H19N5O4/c1-2-30-18-7-5-17(6-8-18)25(12-3-10-22)21(27)16-4-9-19(20(14-16)26(28)29)24-13-11-23-15-24/h4-9,11,13-15H,2-3,12H2,1H3. The fraction of sp³-hybridized carbons (Fsp3) is 0.190. The molecule has 3 aromatic rings. The number of hydrogen-bond acceptors (Lipinski definition) is 6. The third-order valence-corrected chi connectivity index (χ3v) is 4.35. The van der Waals surface area contributed by atoms with Crippen LogP contribution >= 0.6 is 0 Å². The lowest BCUT2D eigenvalue weighted by molar-refractivity contribution is -0.384. The van der Waals surface area contributed by atoms with E-state index in [1.807, 2.05) is 13.0 Å². The summed E-state index contributed by atoms with van der Waals surface area (Å²) >= 11 is 0. The summed E-state index contributed by atoms with van der Waals surface area (Å²) in [4.78, 5) is 29.6. The number of carbonyl (C=O) groups is 1. The second kappa shape index (κ2) is 9.34. The molecule has 0 bridgehead atoms. The monoisotopic (exact) mass is 405 g/mol. The molecule has 0 spiro atoms. The van der Waals surface area contributed by atoms with E-state index in [-0.39, 0.29) is 24.2 Å². The van der Waals surface area contributed by atoms with E-state index in [9.17, 15) is 14.9 Å². The fourth-order valence-corrected chi connectivity index (χ4v) is 2.98. The maximum atomic E-state index is 13.2. The summed E-state index contributed by atoms with van der Waals surface area (Å²) in [7, 11) is 0. The van der Waals surface area contributed by atoms with Gasteiger partial charge in [-0.05, 0) is 43.3 Å². The van der Waals surface area contributed by atoms with Crippen molar-refractivity contribution in [1.29, 1.82) is 5.26 Å². The Morgan fingerprint density at radius 1 is 1.30 bits per heavy atom. The first kappa shape index (κ1) is 20.5. The molecule has 0 saturated carbocycles. The molecule has 0 unspecified atom stereocenters. The van der Waals surface area contributed by atoms with Gasteiger partial charge in [-0.3, -0.25) is 14.9 Å². The van der Waals surface area contributed by atoms with Gasteiger partial charge in [-0.1, -0.05) is 0 Å². The van der Waals surface area contributed by atoms with Gasteiger partial charge >= 0.3 is 0 Å². The summed E-state index contributed by atoms with van der Waals surface area (Å²) < 4.78 is 6.93. The number of rotatable bonds is 8. The molecule has 1 amide bonds. The second-order valence-corrected chi connectivity index (χ2v) is 6.22. The number of nitro benzene ring substituents is 1. The van der Waals surface area contributed by atoms with Crippen LogP contribution in [0.25, 0.3) is 5.69 Å². The molecule has 1 heterocycles. The van der Waals surface area contributed by atoms with Crippen LogP contribution in [0.3, 0.4) is 0 Å². The smallest absolute Gasteiger partial charge is 0.294 e. The first-order valence-corrected chi connectivity index (χ1v) is 9.23. The van der Waals surface area contributed by atoms with Crippen molar-refractivity contribution in [3.8, 4) is 17.5 Å². The molecule has 152 valence electrons. The minimum Gasteiger partial charge on any atom is -0.494 e. The van der Waals surface area contributed by atoms with Gasteiger partial charge in [-0.2, -0.15) is 5.26 Å². The van der Waals surface area contributed by atoms with Crippen molar-refractivity contribution in [2.45, 2.75) is 13.3 Å². The van der Waals surface area contributed by atoms with E-state index in [2.05, 4.69) is 4.98 Å². The molecule has 3 rings (SSSR count). The van der Waals surface area contributed by atoms with Crippen LogP contribution in [-0.2, 0) is 0 Å². The zero-order valence-electron chi connectivity index (χ0n) is 16.3. The summed E-state index contributed by atoms with van der Waals surface area (Å²) in [6.45, 7) is 2.54. The zero-order chi connectivity index (χ0) is 21.5. The first-order valence-electron chi connectivity index (χ1n) is 9.23. The van der Waals surface area contributed by atoms with Crippen LogP contribution in [0.5, 0.6) is 5.75 Å². The number of hydrogen-bond donors (Lipinski definition) is 0. The molecular formula is C21H19N5O4. The Morgan fingerprint density at radius 3 is 2.67 bits per heavy atom. The topological polar surface area (TPSA) is 114 Å². The van der Waals surface area contributed by atoms with Gasteiger partial charge in [0.1, 0.15) is 11.4 Å². The maximum Gasteiger partial charge on any atom is 0.294 e. The Kier molecular flexibility index (Phi) is 6.39. The third kappa shape index (κ3) is 4.44. The Hall–Kier alpha value is -4.19. The number of nitriles is 1. The van der Waals surface area contributed by atoms with Crippen molar-refractivity contribution < 1.29 is 14.5 Å². The van der Waals surface area contributed by atoms with Crippen LogP contribution in [0.2, 0.25) is 0 Å². The fourth-order valence-electron chi connectivity index (χ4n) is 2.98. The Balaban J connectivity index is 1.97. The van der Waals surface area contributed by atoms with E-state index < -0.39 is 10.8 Å². The van der Waals surface area contributed by atoms with Crippen molar-refractivity contribution in [2.24, 2.45) is 0 Å². The van der Waals surface area contributed by atoms with Crippen molar-refractivity contribution in [2.75, 3.05) is 18.1 Å². The predicted molar refractivity (Wildman–Crippen MR) is 110 cm³/mol. The molecule has 1 aromatic heterocycles. The summed E-state index contributed by atoms with van der Waals surface area (Å²) in [6.07, 6.45) is 4.67. The highest BCUT2D eigenvalue weighted by Crippen LogP contribution is 2.27. The van der Waals surface area contributed by atoms with Crippen LogP contribution in [-0.4, -0.2) is 33.5 Å². The van der Waals surface area contributed by atoms with Gasteiger partial charge in [0, 0.05) is 36.3 Å². The Bertz CT molecular complexity index is 1070. The van der Waals surface area contributed by atoms with E-state index >= 15 is 0 Å². The van der Waals surface area contributed by atoms with Gasteiger partial charge in [0.2, 0.25) is 0 Å². The van der Waals surface area contributed by atoms with Gasteiger partial charge in [0.05, 0.1) is 30.3 Å². The van der Waals surface area contributed by atoms with Crippen molar-refractivity contribution in [1.82, 2.24) is 9.55 Å². The van der Waals surface area contributed by atoms with Crippen LogP contribution in [0.1, 0.15) is 23.7 Å². The lowest BCUT2D eigenvalue weighted by Crippen LogP contribution is -2.31. The molecule has 0 aliphatic rings. The summed E-state index contributed by atoms with van der Waals surface area (Å²) in [5.74, 6) is 0.226. The van der Waals surface area contributed by atoms with Crippen LogP contribution in [0, 0.1) is 21.4 Å². The number of carbonyl (C=O) groups excluding carboxylic acids is 1. The number of nitrogens with zero attached hydrogens (tertiary/aromatic N) is 5. The summed E-state index contributed by atoms with van der Waals surface area (Å²) in [6, 6.07) is 13.2. The van der Waals surface area contributed by atoms with Gasteiger partial charge < -0.3 is 14.2 Å². The Morgan fingerprint density at radius 2 is 2.07 bits per heavy atom. The minimum atomic E-state index is -0.539. The Labute approximate surface area is 172 Å². The molecule has 0 radical (unpaired) electrons. The van der Waals surface area contributed by atoms with E-state index in [1.54, 1.807) is 30.5 Å². The molecule has 0 aliphatic carbocycles. The number of amides is 1. The molecule has 9 heteroatoms. The molecular weight excluding hydrogens is 386 g/mol. The average Bonchev–Trinajstić information content (AvgIpc) is 3.29. The van der Waals surface area contributed by atoms with Crippen molar-refractivity contribution in [3.05, 3.63) is 76.9 Å². The molecule has 0 fully saturated rings. The molecule has 9 nitrogen and oxygen atoms in total. The lowest BCUT2D eigenvalue weighted by atomic mass is 10.1. The van der Waals surface area contributed by atoms with Gasteiger partial charge in [0.15, 0.2) is 0 Å². The molecule has 0 N–H and O–H groups in total. The largest absolute Gasteiger partial charge is 0.494 e. The molecule has 0 aliphatic heterocycles. The number of anilines is 1. The van der Waals surface area contributed by atoms with Crippen molar-refractivity contribution >= 4 is 17.3 Å². The third-order valence-electron chi connectivity index (χ3n) is 4.35. The SMILES string of the molecule is CCOc1ccc(N(CCC#N)C(=O)c2ccc(-n3ccnc3)c([N+](=O)[O-])c2)cc1. The van der Waals surface area contributed by atoms with E-state index in [1.165, 1.54) is 40.2 Å². The minimum absolute atomic E-state index is 0.119. The second-order valence-electron chi connectivity index (χ2n) is 6.22. The average molecular weight is 405 g/mol. The molecule has 0 atom stereocenters. The summed E-state index contributed by atoms with van der Waals surface area (Å²) in [5, 5.41) is 20.6. The molecule has 2 aromatic carbocycles. The van der Waals surface area contributed by atoms with Crippen LogP contribution in [0.4, 0.5) is 11.4 Å².